The molecule has 3 aromatic carbocycles. The first-order valence-corrected chi connectivity index (χ1v) is 16.4. The molecule has 0 radical (unpaired) electrons. The van der Waals surface area contributed by atoms with Gasteiger partial charge in [0.05, 0.1) is 17.8 Å². The average molecular weight is 698 g/mol. The minimum absolute atomic E-state index is 0.00373. The number of nitrogens with zero attached hydrogens (tertiary/aromatic N) is 3. The van der Waals surface area contributed by atoms with Gasteiger partial charge in [-0.1, -0.05) is 60.7 Å². The Hall–Kier alpha value is -7.09. The summed E-state index contributed by atoms with van der Waals surface area (Å²) in [7, 11) is 0. The minimum atomic E-state index is -0.380. The van der Waals surface area contributed by atoms with Gasteiger partial charge in [0.1, 0.15) is 5.75 Å². The van der Waals surface area contributed by atoms with E-state index in [4.69, 9.17) is 0 Å². The van der Waals surface area contributed by atoms with Gasteiger partial charge in [0.15, 0.2) is 11.4 Å². The van der Waals surface area contributed by atoms with Crippen LogP contribution in [-0.4, -0.2) is 80.3 Å². The molecule has 14 nitrogen and oxygen atoms in total. The number of phenols is 1. The van der Waals surface area contributed by atoms with Crippen LogP contribution < -0.4 is 21.3 Å². The molecule has 0 aliphatic rings. The van der Waals surface area contributed by atoms with Gasteiger partial charge in [-0.25, -0.2) is 0 Å². The Morgan fingerprint density at radius 1 is 0.558 bits per heavy atom. The first-order valence-electron chi connectivity index (χ1n) is 16.4. The van der Waals surface area contributed by atoms with E-state index in [2.05, 4.69) is 46.6 Å². The van der Waals surface area contributed by atoms with Crippen LogP contribution in [-0.2, 0) is 11.2 Å². The maximum absolute atomic E-state index is 12.7. The molecule has 0 fully saturated rings. The summed E-state index contributed by atoms with van der Waals surface area (Å²) in [5.74, 6) is -1.31. The van der Waals surface area contributed by atoms with Gasteiger partial charge in [-0.3, -0.25) is 34.4 Å². The highest BCUT2D eigenvalue weighted by Gasteiger charge is 2.14. The molecular formula is C38H35N9O5. The van der Waals surface area contributed by atoms with E-state index in [1.807, 2.05) is 54.6 Å². The highest BCUT2D eigenvalue weighted by atomic mass is 16.3. The number of rotatable bonds is 14. The lowest BCUT2D eigenvalue weighted by molar-refractivity contribution is -0.120. The van der Waals surface area contributed by atoms with Gasteiger partial charge in [0.25, 0.3) is 17.7 Å². The Labute approximate surface area is 298 Å². The number of pyridine rings is 1. The Balaban J connectivity index is 0.957. The van der Waals surface area contributed by atoms with Gasteiger partial charge in [0.2, 0.25) is 5.91 Å². The van der Waals surface area contributed by atoms with E-state index >= 15 is 0 Å². The Bertz CT molecular complexity index is 2160. The summed E-state index contributed by atoms with van der Waals surface area (Å²) in [5, 5.41) is 35.4. The first-order chi connectivity index (χ1) is 25.3. The fourth-order valence-electron chi connectivity index (χ4n) is 5.29. The van der Waals surface area contributed by atoms with Crippen LogP contribution in [0.1, 0.15) is 36.9 Å². The predicted octanol–water partition coefficient (Wildman–Crippen LogP) is 3.48. The van der Waals surface area contributed by atoms with Crippen LogP contribution >= 0.6 is 0 Å². The molecular weight excluding hydrogens is 662 g/mol. The lowest BCUT2D eigenvalue weighted by atomic mass is 9.99. The van der Waals surface area contributed by atoms with Crippen molar-refractivity contribution in [2.24, 2.45) is 0 Å². The molecule has 0 aliphatic carbocycles. The monoisotopic (exact) mass is 697 g/mol. The lowest BCUT2D eigenvalue weighted by Gasteiger charge is -2.10. The molecule has 0 spiro atoms. The molecule has 0 saturated heterocycles. The molecule has 6 rings (SSSR count). The second-order valence-electron chi connectivity index (χ2n) is 11.7. The van der Waals surface area contributed by atoms with Crippen LogP contribution in [0.4, 0.5) is 0 Å². The molecule has 52 heavy (non-hydrogen) atoms. The third kappa shape index (κ3) is 8.92. The number of aromatic nitrogens is 5. The average Bonchev–Trinajstić information content (AvgIpc) is 3.88. The molecule has 7 N–H and O–H groups in total. The van der Waals surface area contributed by atoms with Crippen molar-refractivity contribution in [3.8, 4) is 39.4 Å². The Morgan fingerprint density at radius 2 is 1.08 bits per heavy atom. The number of aromatic amines is 2. The maximum Gasteiger partial charge on any atom is 0.271 e. The van der Waals surface area contributed by atoms with Crippen molar-refractivity contribution in [3.05, 3.63) is 132 Å². The van der Waals surface area contributed by atoms with Crippen molar-refractivity contribution in [2.75, 3.05) is 26.2 Å². The molecule has 14 heteroatoms. The SMILES string of the molecule is O=C(Cc1cc(-c2ccc(-c3cc(C(=O)NCCNC(=O)c4ccncc4)n[nH]3)cc2)ccc1O)NCCNC(=O)c1cc(-c2ccccc2)[nH]n1. The Morgan fingerprint density at radius 3 is 1.69 bits per heavy atom. The van der Waals surface area contributed by atoms with Crippen LogP contribution in [0.5, 0.6) is 5.75 Å². The zero-order valence-corrected chi connectivity index (χ0v) is 27.8. The summed E-state index contributed by atoms with van der Waals surface area (Å²) in [6.45, 7) is 0.875. The molecule has 0 aliphatic heterocycles. The van der Waals surface area contributed by atoms with Gasteiger partial charge in [-0.2, -0.15) is 10.2 Å². The van der Waals surface area contributed by atoms with Gasteiger partial charge < -0.3 is 26.4 Å². The van der Waals surface area contributed by atoms with Crippen molar-refractivity contribution in [1.29, 1.82) is 0 Å². The van der Waals surface area contributed by atoms with Crippen molar-refractivity contribution in [2.45, 2.75) is 6.42 Å². The third-order valence-electron chi connectivity index (χ3n) is 8.04. The van der Waals surface area contributed by atoms with Crippen molar-refractivity contribution < 1.29 is 24.3 Å². The standard InChI is InChI=1S/C38H35N9O5/c48-34-11-10-28(20-29(34)21-35(49)40-16-17-42-37(51)32-22-30(44-46-32)25-4-2-1-3-5-25)24-6-8-26(9-7-24)31-23-33(47-45-31)38(52)43-19-18-41-36(50)27-12-14-39-15-13-27/h1-15,20,22-23,48H,16-19,21H2,(H,40,49)(H,41,50)(H,42,51)(H,43,52)(H,44,46)(H,45,47). The smallest absolute Gasteiger partial charge is 0.271 e. The fourth-order valence-corrected chi connectivity index (χ4v) is 5.29. The molecule has 6 aromatic rings. The fraction of sp³-hybridized carbons (Fsp3) is 0.132. The summed E-state index contributed by atoms with van der Waals surface area (Å²) in [5.41, 5.74) is 6.13. The van der Waals surface area contributed by atoms with E-state index in [1.54, 1.807) is 42.5 Å². The van der Waals surface area contributed by atoms with Crippen LogP contribution in [0.2, 0.25) is 0 Å². The van der Waals surface area contributed by atoms with E-state index < -0.39 is 0 Å². The van der Waals surface area contributed by atoms with Gasteiger partial charge in [-0.15, -0.1) is 0 Å². The molecule has 0 bridgehead atoms. The quantitative estimate of drug-likeness (QED) is 0.0837. The largest absolute Gasteiger partial charge is 0.508 e. The van der Waals surface area contributed by atoms with E-state index in [0.29, 0.717) is 16.8 Å². The summed E-state index contributed by atoms with van der Waals surface area (Å²) in [6.07, 6.45) is 3.01. The van der Waals surface area contributed by atoms with Crippen molar-refractivity contribution in [1.82, 2.24) is 46.6 Å². The molecule has 262 valence electrons. The third-order valence-corrected chi connectivity index (χ3v) is 8.04. The normalized spacial score (nSPS) is 10.7. The van der Waals surface area contributed by atoms with E-state index in [9.17, 15) is 24.3 Å². The van der Waals surface area contributed by atoms with Gasteiger partial charge in [0, 0.05) is 49.7 Å². The zero-order valence-electron chi connectivity index (χ0n) is 27.8. The number of aromatic hydroxyl groups is 1. The molecule has 0 atom stereocenters. The molecule has 0 unspecified atom stereocenters. The first kappa shape index (κ1) is 34.8. The van der Waals surface area contributed by atoms with Gasteiger partial charge in [-0.05, 0) is 58.7 Å². The lowest BCUT2D eigenvalue weighted by Crippen LogP contribution is -2.35. The number of phenolic OH excluding ortho intramolecular Hbond substituents is 1. The summed E-state index contributed by atoms with van der Waals surface area (Å²) < 4.78 is 0. The number of amides is 4. The summed E-state index contributed by atoms with van der Waals surface area (Å²) in [6, 6.07) is 28.6. The van der Waals surface area contributed by atoms with E-state index in [1.165, 1.54) is 12.4 Å². The molecule has 4 amide bonds. The number of hydrogen-bond donors (Lipinski definition) is 7. The maximum atomic E-state index is 12.7. The van der Waals surface area contributed by atoms with Crippen molar-refractivity contribution >= 4 is 23.6 Å². The van der Waals surface area contributed by atoms with Crippen LogP contribution in [0.15, 0.2) is 109 Å². The predicted molar refractivity (Wildman–Crippen MR) is 193 cm³/mol. The molecule has 3 heterocycles. The number of hydrogen-bond acceptors (Lipinski definition) is 8. The molecule has 0 saturated carbocycles. The number of H-pyrrole nitrogens is 2. The van der Waals surface area contributed by atoms with Gasteiger partial charge >= 0.3 is 0 Å². The van der Waals surface area contributed by atoms with E-state index in [-0.39, 0.29) is 73.4 Å². The Kier molecular flexibility index (Phi) is 11.1. The highest BCUT2D eigenvalue weighted by Crippen LogP contribution is 2.28. The number of carbonyl (C=O) groups is 4. The van der Waals surface area contributed by atoms with Crippen LogP contribution in [0.3, 0.4) is 0 Å². The van der Waals surface area contributed by atoms with Crippen LogP contribution in [0, 0.1) is 0 Å². The zero-order chi connectivity index (χ0) is 36.3. The number of nitrogens with one attached hydrogen (secondary N) is 6. The second-order valence-corrected chi connectivity index (χ2v) is 11.7. The molecule has 3 aromatic heterocycles. The summed E-state index contributed by atoms with van der Waals surface area (Å²) in [4.78, 5) is 53.8. The highest BCUT2D eigenvalue weighted by molar-refractivity contribution is 5.95. The second kappa shape index (κ2) is 16.5. The topological polar surface area (TPSA) is 207 Å². The van der Waals surface area contributed by atoms with Crippen LogP contribution in [0.25, 0.3) is 33.6 Å². The summed E-state index contributed by atoms with van der Waals surface area (Å²) >= 11 is 0. The number of carbonyl (C=O) groups excluding carboxylic acids is 4. The van der Waals surface area contributed by atoms with E-state index in [0.717, 1.165) is 27.9 Å². The minimum Gasteiger partial charge on any atom is -0.508 e. The number of benzene rings is 3. The van der Waals surface area contributed by atoms with Crippen molar-refractivity contribution in [3.63, 3.8) is 0 Å².